The molecule has 1 aromatic heterocycles. The summed E-state index contributed by atoms with van der Waals surface area (Å²) in [5.41, 5.74) is -0.0315. The smallest absolute Gasteiger partial charge is 0.381 e. The maximum absolute atomic E-state index is 13.5. The van der Waals surface area contributed by atoms with E-state index in [1.807, 2.05) is 29.8 Å². The number of benzene rings is 1. The summed E-state index contributed by atoms with van der Waals surface area (Å²) < 4.78 is 48.1. The number of carbonyl (C=O) groups excluding carboxylic acids is 1. The molecule has 0 spiro atoms. The molecule has 2 atom stereocenters. The van der Waals surface area contributed by atoms with Crippen molar-refractivity contribution in [3.63, 3.8) is 0 Å². The van der Waals surface area contributed by atoms with Gasteiger partial charge in [-0.15, -0.1) is 0 Å². The molecule has 35 heavy (non-hydrogen) atoms. The Morgan fingerprint density at radius 2 is 2.14 bits per heavy atom. The Hall–Kier alpha value is -3.06. The van der Waals surface area contributed by atoms with Crippen molar-refractivity contribution in [3.8, 4) is 6.07 Å². The molecular weight excluding hydrogens is 459 g/mol. The van der Waals surface area contributed by atoms with Crippen molar-refractivity contribution in [2.24, 2.45) is 11.3 Å². The molecule has 2 saturated heterocycles. The minimum absolute atomic E-state index is 0.0488. The lowest BCUT2D eigenvalue weighted by Gasteiger charge is -2.44. The number of likely N-dealkylation sites (tertiary alicyclic amines) is 1. The van der Waals surface area contributed by atoms with Crippen LogP contribution in [-0.2, 0) is 22.3 Å². The predicted molar refractivity (Wildman–Crippen MR) is 124 cm³/mol. The molecule has 2 fully saturated rings. The largest absolute Gasteiger partial charge is 0.417 e. The zero-order valence-corrected chi connectivity index (χ0v) is 20.0. The Morgan fingerprint density at radius 1 is 1.34 bits per heavy atom. The molecule has 0 aliphatic carbocycles. The van der Waals surface area contributed by atoms with Crippen LogP contribution in [0.3, 0.4) is 0 Å². The molecule has 0 bridgehead atoms. The predicted octanol–water partition coefficient (Wildman–Crippen LogP) is 3.86. The number of halogens is 3. The standard InChI is InChI=1S/C25H30F3N5O2/c1-3-35-17-24-7-9-31(21-5-4-19(11-29)22(10-21)25(26,27)28)14-20(24)15-32(16-24)23(34)6-8-33-13-18(2)12-30-33/h4-5,10,12-13,20H,3,6-9,14-17H2,1-2H3/t20-,24+/m1/s1. The fraction of sp³-hybridized carbons (Fsp3) is 0.560. The molecular formula is C25H30F3N5O2. The first-order valence-electron chi connectivity index (χ1n) is 11.9. The van der Waals surface area contributed by atoms with E-state index in [2.05, 4.69) is 5.10 Å². The summed E-state index contributed by atoms with van der Waals surface area (Å²) in [7, 11) is 0. The highest BCUT2D eigenvalue weighted by atomic mass is 19.4. The lowest BCUT2D eigenvalue weighted by molar-refractivity contribution is -0.137. The summed E-state index contributed by atoms with van der Waals surface area (Å²) in [6.07, 6.45) is 0.111. The van der Waals surface area contributed by atoms with Gasteiger partial charge in [0.2, 0.25) is 5.91 Å². The van der Waals surface area contributed by atoms with E-state index in [1.54, 1.807) is 23.0 Å². The normalized spacial score (nSPS) is 22.2. The zero-order valence-electron chi connectivity index (χ0n) is 20.0. The van der Waals surface area contributed by atoms with Crippen molar-refractivity contribution < 1.29 is 22.7 Å². The van der Waals surface area contributed by atoms with Crippen LogP contribution in [0, 0.1) is 29.6 Å². The molecule has 0 radical (unpaired) electrons. The van der Waals surface area contributed by atoms with Gasteiger partial charge in [0.05, 0.1) is 30.0 Å². The average Bonchev–Trinajstić information content (AvgIpc) is 3.43. The molecule has 1 amide bonds. The van der Waals surface area contributed by atoms with Gasteiger partial charge in [-0.1, -0.05) is 0 Å². The number of hydrogen-bond donors (Lipinski definition) is 0. The molecule has 188 valence electrons. The van der Waals surface area contributed by atoms with Gasteiger partial charge < -0.3 is 14.5 Å². The highest BCUT2D eigenvalue weighted by Crippen LogP contribution is 2.45. The second-order valence-corrected chi connectivity index (χ2v) is 9.54. The van der Waals surface area contributed by atoms with Gasteiger partial charge in [-0.05, 0) is 44.0 Å². The Balaban J connectivity index is 1.50. The zero-order chi connectivity index (χ0) is 25.2. The SMILES string of the molecule is CCOC[C@@]12CCN(c3ccc(C#N)c(C(F)(F)F)c3)C[C@@H]1CN(C(=O)CCn1cc(C)cn1)C2. The summed E-state index contributed by atoms with van der Waals surface area (Å²) in [4.78, 5) is 16.9. The fourth-order valence-corrected chi connectivity index (χ4v) is 5.27. The van der Waals surface area contributed by atoms with Crippen molar-refractivity contribution in [2.75, 3.05) is 44.3 Å². The number of carbonyl (C=O) groups is 1. The van der Waals surface area contributed by atoms with Crippen LogP contribution in [0.25, 0.3) is 0 Å². The molecule has 0 N–H and O–H groups in total. The minimum Gasteiger partial charge on any atom is -0.381 e. The van der Waals surface area contributed by atoms with Crippen LogP contribution in [0.1, 0.15) is 36.5 Å². The lowest BCUT2D eigenvalue weighted by Crippen LogP contribution is -2.49. The van der Waals surface area contributed by atoms with E-state index in [-0.39, 0.29) is 22.8 Å². The van der Waals surface area contributed by atoms with Gasteiger partial charge >= 0.3 is 6.18 Å². The summed E-state index contributed by atoms with van der Waals surface area (Å²) in [6, 6.07) is 5.52. The number of anilines is 1. The average molecular weight is 490 g/mol. The Bertz CT molecular complexity index is 1110. The molecule has 2 aliphatic heterocycles. The first-order valence-corrected chi connectivity index (χ1v) is 11.9. The van der Waals surface area contributed by atoms with Gasteiger partial charge in [-0.2, -0.15) is 23.5 Å². The molecule has 4 rings (SSSR count). The number of amides is 1. The van der Waals surface area contributed by atoms with Crippen molar-refractivity contribution >= 4 is 11.6 Å². The van der Waals surface area contributed by atoms with E-state index in [1.165, 1.54) is 6.07 Å². The van der Waals surface area contributed by atoms with Gasteiger partial charge in [-0.25, -0.2) is 0 Å². The van der Waals surface area contributed by atoms with Gasteiger partial charge in [0, 0.05) is 69.0 Å². The van der Waals surface area contributed by atoms with Crippen LogP contribution in [0.5, 0.6) is 0 Å². The van der Waals surface area contributed by atoms with E-state index in [0.29, 0.717) is 64.5 Å². The third-order valence-electron chi connectivity index (χ3n) is 7.19. The number of hydrogen-bond acceptors (Lipinski definition) is 5. The molecule has 7 nitrogen and oxygen atoms in total. The van der Waals surface area contributed by atoms with Gasteiger partial charge in [0.15, 0.2) is 0 Å². The van der Waals surface area contributed by atoms with Crippen LogP contribution in [0.15, 0.2) is 30.6 Å². The molecule has 2 aliphatic rings. The summed E-state index contributed by atoms with van der Waals surface area (Å²) in [5.74, 6) is 0.122. The van der Waals surface area contributed by atoms with E-state index in [9.17, 15) is 18.0 Å². The van der Waals surface area contributed by atoms with Crippen molar-refractivity contribution in [2.45, 2.75) is 39.4 Å². The number of aryl methyl sites for hydroxylation is 2. The number of piperidine rings is 1. The number of alkyl halides is 3. The highest BCUT2D eigenvalue weighted by Gasteiger charge is 2.50. The third kappa shape index (κ3) is 5.30. The van der Waals surface area contributed by atoms with Gasteiger partial charge in [0.25, 0.3) is 0 Å². The third-order valence-corrected chi connectivity index (χ3v) is 7.19. The maximum Gasteiger partial charge on any atom is 0.417 e. The Labute approximate surface area is 203 Å². The van der Waals surface area contributed by atoms with Crippen molar-refractivity contribution in [3.05, 3.63) is 47.3 Å². The van der Waals surface area contributed by atoms with Crippen LogP contribution in [-0.4, -0.2) is 60.0 Å². The lowest BCUT2D eigenvalue weighted by atomic mass is 9.73. The summed E-state index contributed by atoms with van der Waals surface area (Å²) in [6.45, 7) is 7.68. The first-order chi connectivity index (χ1) is 16.6. The van der Waals surface area contributed by atoms with Crippen LogP contribution >= 0.6 is 0 Å². The van der Waals surface area contributed by atoms with Crippen LogP contribution in [0.2, 0.25) is 0 Å². The number of aromatic nitrogens is 2. The van der Waals surface area contributed by atoms with Gasteiger partial charge in [-0.3, -0.25) is 9.48 Å². The first kappa shape index (κ1) is 25.0. The van der Waals surface area contributed by atoms with Crippen molar-refractivity contribution in [1.82, 2.24) is 14.7 Å². The quantitative estimate of drug-likeness (QED) is 0.591. The number of nitriles is 1. The topological polar surface area (TPSA) is 74.4 Å². The molecule has 3 heterocycles. The fourth-order valence-electron chi connectivity index (χ4n) is 5.27. The summed E-state index contributed by atoms with van der Waals surface area (Å²) >= 11 is 0. The molecule has 0 unspecified atom stereocenters. The molecule has 1 aromatic carbocycles. The molecule has 2 aromatic rings. The summed E-state index contributed by atoms with van der Waals surface area (Å²) in [5, 5.41) is 13.3. The van der Waals surface area contributed by atoms with Crippen molar-refractivity contribution in [1.29, 1.82) is 5.26 Å². The second kappa shape index (κ2) is 9.90. The Kier molecular flexibility index (Phi) is 7.08. The maximum atomic E-state index is 13.5. The monoisotopic (exact) mass is 489 g/mol. The minimum atomic E-state index is -4.60. The number of ether oxygens (including phenoxy) is 1. The van der Waals surface area contributed by atoms with Gasteiger partial charge in [0.1, 0.15) is 0 Å². The molecule has 10 heteroatoms. The number of rotatable bonds is 7. The Morgan fingerprint density at radius 3 is 2.80 bits per heavy atom. The number of nitrogens with zero attached hydrogens (tertiary/aromatic N) is 5. The van der Waals surface area contributed by atoms with E-state index >= 15 is 0 Å². The second-order valence-electron chi connectivity index (χ2n) is 9.54. The number of fused-ring (bicyclic) bond motifs is 1. The van der Waals surface area contributed by atoms with Crippen LogP contribution in [0.4, 0.5) is 18.9 Å². The van der Waals surface area contributed by atoms with E-state index in [4.69, 9.17) is 10.00 Å². The molecule has 0 saturated carbocycles. The van der Waals surface area contributed by atoms with E-state index < -0.39 is 11.7 Å². The van der Waals surface area contributed by atoms with Crippen LogP contribution < -0.4 is 4.90 Å². The highest BCUT2D eigenvalue weighted by molar-refractivity contribution is 5.76. The van der Waals surface area contributed by atoms with E-state index in [0.717, 1.165) is 11.6 Å².